The molecule has 0 saturated heterocycles. The highest BCUT2D eigenvalue weighted by molar-refractivity contribution is 5.80. The van der Waals surface area contributed by atoms with Crippen LogP contribution in [-0.4, -0.2) is 30.4 Å². The average molecular weight is 450 g/mol. The van der Waals surface area contributed by atoms with Crippen LogP contribution < -0.4 is 19.8 Å². The smallest absolute Gasteiger partial charge is 0.387 e. The minimum absolute atomic E-state index is 0.0845. The molecule has 0 aliphatic heterocycles. The summed E-state index contributed by atoms with van der Waals surface area (Å²) in [7, 11) is 2.69. The number of nitrogens with zero attached hydrogens (tertiary/aromatic N) is 2. The van der Waals surface area contributed by atoms with Crippen molar-refractivity contribution in [1.82, 2.24) is 9.55 Å². The molecule has 0 fully saturated rings. The second-order valence-corrected chi connectivity index (χ2v) is 6.93. The van der Waals surface area contributed by atoms with Gasteiger partial charge in [0, 0.05) is 0 Å². The third-order valence-corrected chi connectivity index (χ3v) is 4.93. The molecule has 0 bridgehead atoms. The minimum atomic E-state index is -3.03. The Morgan fingerprint density at radius 1 is 0.909 bits per heavy atom. The first-order valence-corrected chi connectivity index (χ1v) is 9.98. The van der Waals surface area contributed by atoms with Crippen molar-refractivity contribution in [3.63, 3.8) is 0 Å². The van der Waals surface area contributed by atoms with E-state index in [4.69, 9.17) is 9.47 Å². The fourth-order valence-corrected chi connectivity index (χ4v) is 3.46. The van der Waals surface area contributed by atoms with Crippen molar-refractivity contribution in [1.29, 1.82) is 0 Å². The zero-order valence-corrected chi connectivity index (χ0v) is 17.9. The molecule has 0 N–H and O–H groups in total. The third-order valence-electron chi connectivity index (χ3n) is 4.93. The van der Waals surface area contributed by atoms with E-state index in [2.05, 4.69) is 9.72 Å². The number of hydrogen-bond donors (Lipinski definition) is 0. The van der Waals surface area contributed by atoms with Crippen LogP contribution in [0, 0.1) is 0 Å². The van der Waals surface area contributed by atoms with Crippen LogP contribution in [0.1, 0.15) is 11.4 Å². The lowest BCUT2D eigenvalue weighted by atomic mass is 10.1. The second-order valence-electron chi connectivity index (χ2n) is 6.93. The molecule has 1 aromatic heterocycles. The summed E-state index contributed by atoms with van der Waals surface area (Å²) in [6.45, 7) is -3.03. The Kier molecular flexibility index (Phi) is 6.35. The van der Waals surface area contributed by atoms with Gasteiger partial charge in [-0.2, -0.15) is 8.78 Å². The largest absolute Gasteiger partial charge is 0.493 e. The maximum absolute atomic E-state index is 13.3. The quantitative estimate of drug-likeness (QED) is 0.389. The van der Waals surface area contributed by atoms with Gasteiger partial charge in [0.1, 0.15) is 5.82 Å². The van der Waals surface area contributed by atoms with Crippen LogP contribution in [0.3, 0.4) is 0 Å². The van der Waals surface area contributed by atoms with Crippen LogP contribution in [0.4, 0.5) is 8.78 Å². The van der Waals surface area contributed by atoms with Crippen LogP contribution in [-0.2, 0) is 0 Å². The van der Waals surface area contributed by atoms with Crippen molar-refractivity contribution in [2.45, 2.75) is 6.61 Å². The standard InChI is InChI=1S/C25H20F2N2O4/c1-31-20-14-16(15-21(32-2)23(20)33-25(26)27)12-13-22-28-19-11-7-6-10-18(19)24(30)29(22)17-8-4-3-5-9-17/h3-15,25H,1-2H3/b13-12+. The number of aromatic nitrogens is 2. The zero-order valence-electron chi connectivity index (χ0n) is 17.9. The van der Waals surface area contributed by atoms with Gasteiger partial charge in [0.15, 0.2) is 11.5 Å². The molecule has 1 heterocycles. The van der Waals surface area contributed by atoms with Crippen molar-refractivity contribution >= 4 is 23.1 Å². The summed E-state index contributed by atoms with van der Waals surface area (Å²) in [6.07, 6.45) is 3.36. The van der Waals surface area contributed by atoms with Gasteiger partial charge in [-0.15, -0.1) is 0 Å². The molecule has 168 valence electrons. The van der Waals surface area contributed by atoms with Gasteiger partial charge in [0.2, 0.25) is 5.75 Å². The lowest BCUT2D eigenvalue weighted by Gasteiger charge is -2.15. The predicted octanol–water partition coefficient (Wildman–Crippen LogP) is 5.17. The van der Waals surface area contributed by atoms with Crippen molar-refractivity contribution in [3.05, 3.63) is 88.5 Å². The Bertz CT molecular complexity index is 1340. The van der Waals surface area contributed by atoms with Crippen LogP contribution in [0.15, 0.2) is 71.5 Å². The summed E-state index contributed by atoms with van der Waals surface area (Å²) in [4.78, 5) is 17.9. The Morgan fingerprint density at radius 2 is 1.55 bits per heavy atom. The van der Waals surface area contributed by atoms with Gasteiger partial charge >= 0.3 is 6.61 Å². The van der Waals surface area contributed by atoms with Crippen LogP contribution in [0.5, 0.6) is 17.2 Å². The maximum Gasteiger partial charge on any atom is 0.387 e. The Balaban J connectivity index is 1.85. The number of alkyl halides is 2. The molecule has 0 amide bonds. The highest BCUT2D eigenvalue weighted by atomic mass is 19.3. The molecule has 4 rings (SSSR count). The van der Waals surface area contributed by atoms with E-state index in [1.807, 2.05) is 36.4 Å². The van der Waals surface area contributed by atoms with Crippen LogP contribution in [0.2, 0.25) is 0 Å². The fraction of sp³-hybridized carbons (Fsp3) is 0.120. The van der Waals surface area contributed by atoms with Gasteiger partial charge < -0.3 is 14.2 Å². The Labute approximate surface area is 188 Å². The van der Waals surface area contributed by atoms with E-state index in [9.17, 15) is 13.6 Å². The number of benzene rings is 3. The zero-order chi connectivity index (χ0) is 23.4. The number of methoxy groups -OCH3 is 2. The highest BCUT2D eigenvalue weighted by Crippen LogP contribution is 2.40. The van der Waals surface area contributed by atoms with E-state index in [0.717, 1.165) is 0 Å². The molecule has 0 atom stereocenters. The Morgan fingerprint density at radius 3 is 2.18 bits per heavy atom. The van der Waals surface area contributed by atoms with Crippen molar-refractivity contribution < 1.29 is 23.0 Å². The number of rotatable bonds is 7. The molecule has 0 saturated carbocycles. The lowest BCUT2D eigenvalue weighted by molar-refractivity contribution is -0.0526. The second kappa shape index (κ2) is 9.52. The summed E-state index contributed by atoms with van der Waals surface area (Å²) >= 11 is 0. The van der Waals surface area contributed by atoms with E-state index >= 15 is 0 Å². The normalized spacial score (nSPS) is 11.3. The minimum Gasteiger partial charge on any atom is -0.493 e. The van der Waals surface area contributed by atoms with E-state index in [-0.39, 0.29) is 22.8 Å². The summed E-state index contributed by atoms with van der Waals surface area (Å²) in [6, 6.07) is 19.3. The molecular formula is C25H20F2N2O4. The van der Waals surface area contributed by atoms with Gasteiger partial charge in [-0.1, -0.05) is 36.4 Å². The number of fused-ring (bicyclic) bond motifs is 1. The molecule has 0 radical (unpaired) electrons. The molecule has 33 heavy (non-hydrogen) atoms. The molecule has 4 aromatic rings. The van der Waals surface area contributed by atoms with Gasteiger partial charge in [0.25, 0.3) is 5.56 Å². The van der Waals surface area contributed by atoms with Crippen LogP contribution >= 0.6 is 0 Å². The SMILES string of the molecule is COc1cc(/C=C/c2nc3ccccc3c(=O)n2-c2ccccc2)cc(OC)c1OC(F)F. The maximum atomic E-state index is 13.3. The number of ether oxygens (including phenoxy) is 3. The number of para-hydroxylation sites is 2. The van der Waals surface area contributed by atoms with Crippen LogP contribution in [0.25, 0.3) is 28.7 Å². The monoisotopic (exact) mass is 450 g/mol. The van der Waals surface area contributed by atoms with Gasteiger partial charge in [0.05, 0.1) is 30.8 Å². The predicted molar refractivity (Wildman–Crippen MR) is 122 cm³/mol. The molecule has 8 heteroatoms. The first-order chi connectivity index (χ1) is 16.0. The molecule has 3 aromatic carbocycles. The molecule has 0 unspecified atom stereocenters. The first-order valence-electron chi connectivity index (χ1n) is 9.98. The summed E-state index contributed by atoms with van der Waals surface area (Å²) in [5.41, 5.74) is 1.59. The van der Waals surface area contributed by atoms with Crippen molar-refractivity contribution in [2.24, 2.45) is 0 Å². The van der Waals surface area contributed by atoms with Gasteiger partial charge in [-0.3, -0.25) is 9.36 Å². The molecular weight excluding hydrogens is 430 g/mol. The van der Waals surface area contributed by atoms with E-state index in [0.29, 0.717) is 28.0 Å². The summed E-state index contributed by atoms with van der Waals surface area (Å²) in [5, 5.41) is 0.496. The topological polar surface area (TPSA) is 62.6 Å². The van der Waals surface area contributed by atoms with Crippen molar-refractivity contribution in [3.8, 4) is 22.9 Å². The van der Waals surface area contributed by atoms with E-state index in [1.165, 1.54) is 30.9 Å². The lowest BCUT2D eigenvalue weighted by Crippen LogP contribution is -2.22. The van der Waals surface area contributed by atoms with Gasteiger partial charge in [-0.25, -0.2) is 4.98 Å². The Hall–Kier alpha value is -4.20. The van der Waals surface area contributed by atoms with Crippen molar-refractivity contribution in [2.75, 3.05) is 14.2 Å². The molecule has 0 aliphatic rings. The number of hydrogen-bond acceptors (Lipinski definition) is 5. The summed E-state index contributed by atoms with van der Waals surface area (Å²) in [5.74, 6) is 0.371. The third kappa shape index (κ3) is 4.55. The highest BCUT2D eigenvalue weighted by Gasteiger charge is 2.18. The van der Waals surface area contributed by atoms with E-state index < -0.39 is 6.61 Å². The van der Waals surface area contributed by atoms with E-state index in [1.54, 1.807) is 30.4 Å². The van der Waals surface area contributed by atoms with Gasteiger partial charge in [-0.05, 0) is 48.0 Å². The molecule has 0 spiro atoms. The molecule has 0 aliphatic carbocycles. The fourth-order valence-electron chi connectivity index (χ4n) is 3.46. The summed E-state index contributed by atoms with van der Waals surface area (Å²) < 4.78 is 42.1. The average Bonchev–Trinajstić information content (AvgIpc) is 2.83. The molecule has 6 nitrogen and oxygen atoms in total. The number of halogens is 2. The first kappa shape index (κ1) is 22.0.